The van der Waals surface area contributed by atoms with E-state index >= 15 is 0 Å². The van der Waals surface area contributed by atoms with Crippen molar-refractivity contribution >= 4 is 20.9 Å². The summed E-state index contributed by atoms with van der Waals surface area (Å²) in [6, 6.07) is 12.6. The van der Waals surface area contributed by atoms with E-state index in [1.54, 1.807) is 6.07 Å². The molecule has 1 atom stereocenters. The van der Waals surface area contributed by atoms with Crippen molar-refractivity contribution in [1.29, 1.82) is 0 Å². The van der Waals surface area contributed by atoms with Crippen molar-refractivity contribution in [2.24, 2.45) is 0 Å². The van der Waals surface area contributed by atoms with Crippen LogP contribution in [0.4, 0.5) is 4.39 Å². The molecule has 0 aliphatic carbocycles. The highest BCUT2D eigenvalue weighted by atomic mass is 32.2. The van der Waals surface area contributed by atoms with Crippen LogP contribution in [0.15, 0.2) is 58.2 Å². The van der Waals surface area contributed by atoms with E-state index in [1.165, 1.54) is 18.2 Å². The minimum absolute atomic E-state index is 0.0576. The third-order valence-corrected chi connectivity index (χ3v) is 7.16. The lowest BCUT2D eigenvalue weighted by atomic mass is 10.1. The predicted molar refractivity (Wildman–Crippen MR) is 112 cm³/mol. The summed E-state index contributed by atoms with van der Waals surface area (Å²) in [6.07, 6.45) is 1.28. The van der Waals surface area contributed by atoms with Crippen LogP contribution in [0.5, 0.6) is 0 Å². The highest BCUT2D eigenvalue weighted by molar-refractivity contribution is 7.89. The summed E-state index contributed by atoms with van der Waals surface area (Å²) in [5.74, 6) is -0.822. The summed E-state index contributed by atoms with van der Waals surface area (Å²) in [4.78, 5) is 15.1. The fraction of sp³-hybridized carbons (Fsp3) is 0.318. The van der Waals surface area contributed by atoms with Crippen molar-refractivity contribution in [2.75, 3.05) is 13.2 Å². The molecule has 0 radical (unpaired) electrons. The highest BCUT2D eigenvalue weighted by Crippen LogP contribution is 2.24. The fourth-order valence-corrected chi connectivity index (χ4v) is 5.24. The number of aryl methyl sites for hydroxylation is 1. The number of nitrogens with one attached hydrogen (secondary N) is 1. The first-order chi connectivity index (χ1) is 14.3. The third kappa shape index (κ3) is 4.16. The van der Waals surface area contributed by atoms with Crippen LogP contribution < -0.4 is 5.56 Å². The number of ether oxygens (including phenoxy) is 1. The number of rotatable bonds is 6. The first kappa shape index (κ1) is 20.7. The van der Waals surface area contributed by atoms with Crippen LogP contribution in [0.1, 0.15) is 24.0 Å². The molecule has 0 spiro atoms. The van der Waals surface area contributed by atoms with E-state index in [-0.39, 0.29) is 24.8 Å². The number of H-pyrrole nitrogens is 1. The zero-order valence-electron chi connectivity index (χ0n) is 16.6. The highest BCUT2D eigenvalue weighted by Gasteiger charge is 2.31. The van der Waals surface area contributed by atoms with Crippen molar-refractivity contribution in [1.82, 2.24) is 9.29 Å². The van der Waals surface area contributed by atoms with Gasteiger partial charge in [0.25, 0.3) is 5.56 Å². The van der Waals surface area contributed by atoms with Crippen LogP contribution in [0.3, 0.4) is 0 Å². The van der Waals surface area contributed by atoms with Gasteiger partial charge in [-0.1, -0.05) is 24.3 Å². The summed E-state index contributed by atoms with van der Waals surface area (Å²) in [7, 11) is -4.17. The van der Waals surface area contributed by atoms with E-state index in [1.807, 2.05) is 25.1 Å². The summed E-state index contributed by atoms with van der Waals surface area (Å²) < 4.78 is 47.6. The van der Waals surface area contributed by atoms with Crippen molar-refractivity contribution < 1.29 is 17.5 Å². The molecule has 2 heterocycles. The van der Waals surface area contributed by atoms with Gasteiger partial charge in [0.15, 0.2) is 0 Å². The van der Waals surface area contributed by atoms with Crippen LogP contribution in [-0.4, -0.2) is 37.0 Å². The van der Waals surface area contributed by atoms with Gasteiger partial charge >= 0.3 is 0 Å². The average Bonchev–Trinajstić information content (AvgIpc) is 3.21. The monoisotopic (exact) mass is 430 g/mol. The number of halogens is 1. The van der Waals surface area contributed by atoms with Gasteiger partial charge in [0.2, 0.25) is 10.0 Å². The van der Waals surface area contributed by atoms with Crippen molar-refractivity contribution in [3.05, 3.63) is 75.8 Å². The molecule has 1 aliphatic heterocycles. The maximum Gasteiger partial charge on any atom is 0.252 e. The number of pyridine rings is 1. The van der Waals surface area contributed by atoms with Crippen LogP contribution in [0.25, 0.3) is 10.9 Å². The molecular weight excluding hydrogens is 407 g/mol. The number of aromatic amines is 1. The Labute approximate surface area is 174 Å². The number of hydrogen-bond donors (Lipinski definition) is 1. The van der Waals surface area contributed by atoms with E-state index in [9.17, 15) is 17.6 Å². The molecule has 6 nitrogen and oxygen atoms in total. The first-order valence-electron chi connectivity index (χ1n) is 9.83. The molecule has 4 rings (SSSR count). The molecule has 0 amide bonds. The number of fused-ring (bicyclic) bond motifs is 1. The average molecular weight is 431 g/mol. The largest absolute Gasteiger partial charge is 0.377 e. The topological polar surface area (TPSA) is 79.5 Å². The Bertz CT molecular complexity index is 1230. The molecule has 2 aromatic carbocycles. The smallest absolute Gasteiger partial charge is 0.252 e. The number of sulfonamides is 1. The lowest BCUT2D eigenvalue weighted by molar-refractivity contribution is 0.0924. The first-order valence-corrected chi connectivity index (χ1v) is 11.3. The van der Waals surface area contributed by atoms with E-state index in [2.05, 4.69) is 4.98 Å². The summed E-state index contributed by atoms with van der Waals surface area (Å²) in [5, 5.41) is 0.801. The Hall–Kier alpha value is -2.55. The Balaban J connectivity index is 1.74. The Morgan fingerprint density at radius 1 is 1.20 bits per heavy atom. The second-order valence-electron chi connectivity index (χ2n) is 7.58. The third-order valence-electron chi connectivity index (χ3n) is 5.31. The van der Waals surface area contributed by atoms with Gasteiger partial charge in [0, 0.05) is 30.8 Å². The SMILES string of the molecule is Cc1ccc2cc(CN(C[C@H]3CCCO3)S(=O)(=O)c3ccccc3F)c(=O)[nH]c2c1. The predicted octanol–water partition coefficient (Wildman–Crippen LogP) is 3.35. The number of benzene rings is 2. The van der Waals surface area contributed by atoms with Gasteiger partial charge in [-0.25, -0.2) is 12.8 Å². The van der Waals surface area contributed by atoms with E-state index in [4.69, 9.17) is 4.74 Å². The second kappa shape index (κ2) is 8.29. The van der Waals surface area contributed by atoms with Gasteiger partial charge in [-0.3, -0.25) is 4.79 Å². The minimum atomic E-state index is -4.17. The van der Waals surface area contributed by atoms with E-state index in [0.717, 1.165) is 34.2 Å². The van der Waals surface area contributed by atoms with Crippen LogP contribution in [0, 0.1) is 12.7 Å². The molecule has 1 saturated heterocycles. The maximum atomic E-state index is 14.3. The molecule has 1 fully saturated rings. The number of aromatic nitrogens is 1. The molecule has 8 heteroatoms. The maximum absolute atomic E-state index is 14.3. The molecule has 1 aliphatic rings. The van der Waals surface area contributed by atoms with E-state index in [0.29, 0.717) is 17.7 Å². The molecule has 30 heavy (non-hydrogen) atoms. The lowest BCUT2D eigenvalue weighted by Crippen LogP contribution is -2.38. The summed E-state index contributed by atoms with van der Waals surface area (Å²) in [6.45, 7) is 2.38. The second-order valence-corrected chi connectivity index (χ2v) is 9.48. The number of nitrogens with zero attached hydrogens (tertiary/aromatic N) is 1. The van der Waals surface area contributed by atoms with Crippen molar-refractivity contribution in [3.63, 3.8) is 0 Å². The van der Waals surface area contributed by atoms with Gasteiger partial charge in [0.1, 0.15) is 10.7 Å². The Morgan fingerprint density at radius 2 is 2.00 bits per heavy atom. The zero-order chi connectivity index (χ0) is 21.3. The minimum Gasteiger partial charge on any atom is -0.377 e. The van der Waals surface area contributed by atoms with Gasteiger partial charge < -0.3 is 9.72 Å². The quantitative estimate of drug-likeness (QED) is 0.651. The lowest BCUT2D eigenvalue weighted by Gasteiger charge is -2.25. The van der Waals surface area contributed by atoms with Crippen molar-refractivity contribution in [3.8, 4) is 0 Å². The van der Waals surface area contributed by atoms with Gasteiger partial charge in [-0.05, 0) is 55.0 Å². The van der Waals surface area contributed by atoms with Crippen LogP contribution >= 0.6 is 0 Å². The molecule has 0 unspecified atom stereocenters. The Kier molecular flexibility index (Phi) is 5.73. The summed E-state index contributed by atoms with van der Waals surface area (Å²) >= 11 is 0. The standard InChI is InChI=1S/C22H23FN2O4S/c1-15-8-9-16-12-17(22(26)24-20(16)11-15)13-25(14-18-5-4-10-29-18)30(27,28)21-7-3-2-6-19(21)23/h2-3,6-9,11-12,18H,4-5,10,13-14H2,1H3,(H,24,26)/t18-/m1/s1. The van der Waals surface area contributed by atoms with Gasteiger partial charge in [0.05, 0.1) is 6.10 Å². The summed E-state index contributed by atoms with van der Waals surface area (Å²) in [5.41, 5.74) is 1.62. The van der Waals surface area contributed by atoms with Gasteiger partial charge in [-0.15, -0.1) is 0 Å². The zero-order valence-corrected chi connectivity index (χ0v) is 17.4. The van der Waals surface area contributed by atoms with Crippen LogP contribution in [0.2, 0.25) is 0 Å². The molecular formula is C22H23FN2O4S. The molecule has 158 valence electrons. The van der Waals surface area contributed by atoms with Gasteiger partial charge in [-0.2, -0.15) is 4.31 Å². The molecule has 1 N–H and O–H groups in total. The normalized spacial score (nSPS) is 17.1. The van der Waals surface area contributed by atoms with E-state index < -0.39 is 20.7 Å². The van der Waals surface area contributed by atoms with Crippen LogP contribution in [-0.2, 0) is 21.3 Å². The molecule has 0 saturated carbocycles. The molecule has 3 aromatic rings. The molecule has 0 bridgehead atoms. The van der Waals surface area contributed by atoms with Crippen molar-refractivity contribution in [2.45, 2.75) is 37.3 Å². The number of hydrogen-bond acceptors (Lipinski definition) is 4. The fourth-order valence-electron chi connectivity index (χ4n) is 3.72. The Morgan fingerprint density at radius 3 is 2.73 bits per heavy atom. The molecule has 1 aromatic heterocycles.